The minimum absolute atomic E-state index is 0.125. The van der Waals surface area contributed by atoms with E-state index in [2.05, 4.69) is 20.3 Å². The Morgan fingerprint density at radius 2 is 1.89 bits per heavy atom. The standard InChI is InChI=1S/C18H12ClF3N4O2/c19-12-3-1-11(2-4-12)14-7-13(8-24-17(14)28-9-18(20,21)22)26-16(27)15-5-6-23-10-25-15/h1-8,10H,9H2,(H,26,27). The monoisotopic (exact) mass is 408 g/mol. The number of ether oxygens (including phenoxy) is 1. The molecule has 0 unspecified atom stereocenters. The number of pyridine rings is 1. The summed E-state index contributed by atoms with van der Waals surface area (Å²) in [5, 5.41) is 3.04. The largest absolute Gasteiger partial charge is 0.468 e. The number of nitrogens with zero attached hydrogens (tertiary/aromatic N) is 3. The van der Waals surface area contributed by atoms with Crippen molar-refractivity contribution in [3.8, 4) is 17.0 Å². The molecule has 0 bridgehead atoms. The van der Waals surface area contributed by atoms with Gasteiger partial charge in [0.05, 0.1) is 11.9 Å². The van der Waals surface area contributed by atoms with E-state index in [1.54, 1.807) is 24.3 Å². The SMILES string of the molecule is O=C(Nc1cnc(OCC(F)(F)F)c(-c2ccc(Cl)cc2)c1)c1ccncn1. The van der Waals surface area contributed by atoms with Crippen LogP contribution in [0.2, 0.25) is 5.02 Å². The number of aromatic nitrogens is 3. The van der Waals surface area contributed by atoms with E-state index in [1.165, 1.54) is 30.9 Å². The number of nitrogens with one attached hydrogen (secondary N) is 1. The van der Waals surface area contributed by atoms with Crippen LogP contribution in [0.5, 0.6) is 5.88 Å². The fourth-order valence-electron chi connectivity index (χ4n) is 2.24. The first-order valence-electron chi connectivity index (χ1n) is 7.85. The molecule has 0 fully saturated rings. The normalized spacial score (nSPS) is 11.1. The van der Waals surface area contributed by atoms with Crippen LogP contribution in [-0.4, -0.2) is 33.6 Å². The smallest absolute Gasteiger partial charge is 0.422 e. The van der Waals surface area contributed by atoms with Crippen molar-refractivity contribution < 1.29 is 22.7 Å². The number of halogens is 4. The quantitative estimate of drug-likeness (QED) is 0.677. The molecule has 0 radical (unpaired) electrons. The molecule has 0 aliphatic rings. The molecule has 1 aromatic carbocycles. The third-order valence-electron chi connectivity index (χ3n) is 3.45. The number of carbonyl (C=O) groups is 1. The van der Waals surface area contributed by atoms with Crippen LogP contribution in [-0.2, 0) is 0 Å². The van der Waals surface area contributed by atoms with Crippen molar-refractivity contribution in [1.82, 2.24) is 15.0 Å². The van der Waals surface area contributed by atoms with E-state index in [-0.39, 0.29) is 22.8 Å². The van der Waals surface area contributed by atoms with E-state index < -0.39 is 18.7 Å². The highest BCUT2D eigenvalue weighted by Gasteiger charge is 2.29. The van der Waals surface area contributed by atoms with Crippen LogP contribution in [0.1, 0.15) is 10.5 Å². The Kier molecular flexibility index (Phi) is 5.74. The minimum Gasteiger partial charge on any atom is -0.468 e. The summed E-state index contributed by atoms with van der Waals surface area (Å²) in [5.74, 6) is -0.741. The highest BCUT2D eigenvalue weighted by atomic mass is 35.5. The van der Waals surface area contributed by atoms with Gasteiger partial charge in [0.25, 0.3) is 5.91 Å². The molecule has 2 heterocycles. The van der Waals surface area contributed by atoms with Gasteiger partial charge < -0.3 is 10.1 Å². The Morgan fingerprint density at radius 1 is 1.14 bits per heavy atom. The molecule has 3 rings (SSSR count). The molecule has 0 saturated carbocycles. The van der Waals surface area contributed by atoms with Crippen LogP contribution in [0.4, 0.5) is 18.9 Å². The summed E-state index contributed by atoms with van der Waals surface area (Å²) in [4.78, 5) is 23.7. The lowest BCUT2D eigenvalue weighted by atomic mass is 10.1. The summed E-state index contributed by atoms with van der Waals surface area (Å²) in [7, 11) is 0. The number of benzene rings is 1. The molecule has 2 aromatic heterocycles. The van der Waals surface area contributed by atoms with E-state index >= 15 is 0 Å². The molecular formula is C18H12ClF3N4O2. The van der Waals surface area contributed by atoms with Gasteiger partial charge in [-0.1, -0.05) is 23.7 Å². The zero-order valence-corrected chi connectivity index (χ0v) is 14.8. The molecule has 0 aliphatic carbocycles. The summed E-state index contributed by atoms with van der Waals surface area (Å²) in [6, 6.07) is 9.25. The van der Waals surface area contributed by atoms with E-state index in [4.69, 9.17) is 16.3 Å². The average Bonchev–Trinajstić information content (AvgIpc) is 2.67. The number of rotatable bonds is 5. The molecule has 0 spiro atoms. The number of carbonyl (C=O) groups excluding carboxylic acids is 1. The van der Waals surface area contributed by atoms with Crippen molar-refractivity contribution >= 4 is 23.2 Å². The number of amides is 1. The first-order valence-corrected chi connectivity index (χ1v) is 8.22. The van der Waals surface area contributed by atoms with Gasteiger partial charge in [0.1, 0.15) is 12.0 Å². The minimum atomic E-state index is -4.52. The molecular weight excluding hydrogens is 397 g/mol. The maximum absolute atomic E-state index is 12.5. The van der Waals surface area contributed by atoms with Crippen molar-refractivity contribution in [2.24, 2.45) is 0 Å². The Balaban J connectivity index is 1.91. The molecule has 144 valence electrons. The second kappa shape index (κ2) is 8.22. The molecule has 0 aliphatic heterocycles. The molecule has 1 N–H and O–H groups in total. The number of anilines is 1. The zero-order valence-electron chi connectivity index (χ0n) is 14.1. The summed E-state index contributed by atoms with van der Waals surface area (Å²) in [6.07, 6.45) is -0.684. The van der Waals surface area contributed by atoms with Gasteiger partial charge in [-0.05, 0) is 29.8 Å². The van der Waals surface area contributed by atoms with Gasteiger partial charge in [-0.25, -0.2) is 15.0 Å². The Hall–Kier alpha value is -3.20. The van der Waals surface area contributed by atoms with Crippen LogP contribution in [0.3, 0.4) is 0 Å². The summed E-state index contributed by atoms with van der Waals surface area (Å²) in [6.45, 7) is -1.49. The van der Waals surface area contributed by atoms with Crippen LogP contribution >= 0.6 is 11.6 Å². The van der Waals surface area contributed by atoms with Crippen molar-refractivity contribution in [1.29, 1.82) is 0 Å². The molecule has 6 nitrogen and oxygen atoms in total. The maximum atomic E-state index is 12.5. The second-order valence-electron chi connectivity index (χ2n) is 5.54. The van der Waals surface area contributed by atoms with Crippen molar-refractivity contribution in [2.45, 2.75) is 6.18 Å². The predicted octanol–water partition coefficient (Wildman–Crippen LogP) is 4.39. The lowest BCUT2D eigenvalue weighted by Gasteiger charge is -2.14. The molecule has 1 amide bonds. The van der Waals surface area contributed by atoms with E-state index in [1.807, 2.05) is 0 Å². The van der Waals surface area contributed by atoms with Crippen molar-refractivity contribution in [2.75, 3.05) is 11.9 Å². The van der Waals surface area contributed by atoms with Crippen molar-refractivity contribution in [3.63, 3.8) is 0 Å². The number of hydrogen-bond acceptors (Lipinski definition) is 5. The average molecular weight is 409 g/mol. The van der Waals surface area contributed by atoms with Crippen LogP contribution in [0.25, 0.3) is 11.1 Å². The van der Waals surface area contributed by atoms with Gasteiger partial charge in [0.2, 0.25) is 5.88 Å². The Morgan fingerprint density at radius 3 is 2.54 bits per heavy atom. The fourth-order valence-corrected chi connectivity index (χ4v) is 2.37. The summed E-state index contributed by atoms with van der Waals surface area (Å²) < 4.78 is 42.4. The van der Waals surface area contributed by atoms with Crippen LogP contribution in [0.15, 0.2) is 55.1 Å². The molecule has 0 atom stereocenters. The first-order chi connectivity index (χ1) is 13.3. The van der Waals surface area contributed by atoms with Crippen LogP contribution in [0, 0.1) is 0 Å². The Bertz CT molecular complexity index is 967. The van der Waals surface area contributed by atoms with Gasteiger partial charge in [0.15, 0.2) is 6.61 Å². The zero-order chi connectivity index (χ0) is 20.1. The third kappa shape index (κ3) is 5.17. The second-order valence-corrected chi connectivity index (χ2v) is 5.97. The van der Waals surface area contributed by atoms with Gasteiger partial charge in [-0.2, -0.15) is 13.2 Å². The molecule has 28 heavy (non-hydrogen) atoms. The lowest BCUT2D eigenvalue weighted by Crippen LogP contribution is -2.20. The highest BCUT2D eigenvalue weighted by molar-refractivity contribution is 6.30. The van der Waals surface area contributed by atoms with E-state index in [0.717, 1.165) is 0 Å². The topological polar surface area (TPSA) is 77.0 Å². The predicted molar refractivity (Wildman–Crippen MR) is 96.2 cm³/mol. The molecule has 3 aromatic rings. The molecule has 0 saturated heterocycles. The highest BCUT2D eigenvalue weighted by Crippen LogP contribution is 2.32. The maximum Gasteiger partial charge on any atom is 0.422 e. The third-order valence-corrected chi connectivity index (χ3v) is 3.70. The number of hydrogen-bond donors (Lipinski definition) is 1. The van der Waals surface area contributed by atoms with E-state index in [9.17, 15) is 18.0 Å². The van der Waals surface area contributed by atoms with E-state index in [0.29, 0.717) is 10.6 Å². The molecule has 10 heteroatoms. The van der Waals surface area contributed by atoms with Gasteiger partial charge >= 0.3 is 6.18 Å². The Labute approximate surface area is 162 Å². The number of alkyl halides is 3. The summed E-state index contributed by atoms with van der Waals surface area (Å²) in [5.41, 5.74) is 1.17. The van der Waals surface area contributed by atoms with Gasteiger partial charge in [-0.3, -0.25) is 4.79 Å². The van der Waals surface area contributed by atoms with Gasteiger partial charge in [0, 0.05) is 16.8 Å². The summed E-state index contributed by atoms with van der Waals surface area (Å²) >= 11 is 5.86. The first kappa shape index (κ1) is 19.6. The van der Waals surface area contributed by atoms with Crippen molar-refractivity contribution in [3.05, 3.63) is 65.8 Å². The van der Waals surface area contributed by atoms with Gasteiger partial charge in [-0.15, -0.1) is 0 Å². The van der Waals surface area contributed by atoms with Crippen LogP contribution < -0.4 is 10.1 Å². The fraction of sp³-hybridized carbons (Fsp3) is 0.111. The lowest BCUT2D eigenvalue weighted by molar-refractivity contribution is -0.154.